The van der Waals surface area contributed by atoms with E-state index in [9.17, 15) is 13.2 Å². The summed E-state index contributed by atoms with van der Waals surface area (Å²) < 4.78 is 31.6. The summed E-state index contributed by atoms with van der Waals surface area (Å²) in [5.74, 6) is -0.310. The van der Waals surface area contributed by atoms with Crippen molar-refractivity contribution in [2.24, 2.45) is 0 Å². The van der Waals surface area contributed by atoms with E-state index in [0.717, 1.165) is 6.42 Å². The molecule has 3 rings (SSSR count). The van der Waals surface area contributed by atoms with Gasteiger partial charge >= 0.3 is 0 Å². The highest BCUT2D eigenvalue weighted by Crippen LogP contribution is 2.18. The van der Waals surface area contributed by atoms with Crippen LogP contribution in [0, 0.1) is 0 Å². The largest absolute Gasteiger partial charge is 0.379 e. The van der Waals surface area contributed by atoms with Crippen LogP contribution >= 0.6 is 11.3 Å². The normalized spacial score (nSPS) is 16.2. The maximum absolute atomic E-state index is 12.5. The number of thiophene rings is 1. The standard InChI is InChI=1S/C15H19N3O4S2/c19-15(16-4-3-12-2-1-9-23-12)14-10-13(11-17-14)24(20,21)18-5-7-22-8-6-18/h1-2,9-11,17H,3-8H2,(H,16,19). The van der Waals surface area contributed by atoms with Gasteiger partial charge in [0.15, 0.2) is 0 Å². The Kier molecular flexibility index (Phi) is 5.34. The van der Waals surface area contributed by atoms with Crippen molar-refractivity contribution in [3.63, 3.8) is 0 Å². The third-order valence-corrected chi connectivity index (χ3v) is 6.56. The molecule has 0 saturated carbocycles. The number of amides is 1. The molecule has 9 heteroatoms. The van der Waals surface area contributed by atoms with Crippen LogP contribution in [-0.2, 0) is 21.2 Å². The van der Waals surface area contributed by atoms with Crippen molar-refractivity contribution < 1.29 is 17.9 Å². The summed E-state index contributed by atoms with van der Waals surface area (Å²) in [4.78, 5) is 16.2. The molecular formula is C15H19N3O4S2. The lowest BCUT2D eigenvalue weighted by Crippen LogP contribution is -2.40. The van der Waals surface area contributed by atoms with Crippen molar-refractivity contribution in [1.82, 2.24) is 14.6 Å². The number of sulfonamides is 1. The molecule has 0 bridgehead atoms. The molecular weight excluding hydrogens is 350 g/mol. The minimum Gasteiger partial charge on any atom is -0.379 e. The van der Waals surface area contributed by atoms with Crippen LogP contribution in [0.3, 0.4) is 0 Å². The van der Waals surface area contributed by atoms with E-state index in [1.54, 1.807) is 11.3 Å². The fraction of sp³-hybridized carbons (Fsp3) is 0.400. The number of morpholine rings is 1. The van der Waals surface area contributed by atoms with E-state index < -0.39 is 10.0 Å². The molecule has 3 heterocycles. The molecule has 1 aliphatic rings. The van der Waals surface area contributed by atoms with E-state index >= 15 is 0 Å². The second kappa shape index (κ2) is 7.47. The molecule has 1 amide bonds. The van der Waals surface area contributed by atoms with Crippen LogP contribution in [0.2, 0.25) is 0 Å². The first-order valence-corrected chi connectivity index (χ1v) is 9.96. The van der Waals surface area contributed by atoms with Gasteiger partial charge in [-0.2, -0.15) is 4.31 Å². The number of carbonyl (C=O) groups is 1. The topological polar surface area (TPSA) is 91.5 Å². The molecule has 24 heavy (non-hydrogen) atoms. The summed E-state index contributed by atoms with van der Waals surface area (Å²) in [6.07, 6.45) is 2.11. The van der Waals surface area contributed by atoms with Gasteiger partial charge in [-0.25, -0.2) is 8.42 Å². The Morgan fingerprint density at radius 2 is 2.17 bits per heavy atom. The average molecular weight is 369 g/mol. The summed E-state index contributed by atoms with van der Waals surface area (Å²) in [7, 11) is -3.59. The van der Waals surface area contributed by atoms with Crippen molar-refractivity contribution in [2.75, 3.05) is 32.8 Å². The van der Waals surface area contributed by atoms with Crippen LogP contribution in [0.15, 0.2) is 34.7 Å². The van der Waals surface area contributed by atoms with Gasteiger partial charge in [0.2, 0.25) is 10.0 Å². The zero-order valence-electron chi connectivity index (χ0n) is 13.0. The predicted octanol–water partition coefficient (Wildman–Crippen LogP) is 1.07. The van der Waals surface area contributed by atoms with Crippen molar-refractivity contribution in [3.8, 4) is 0 Å². The molecule has 0 atom stereocenters. The predicted molar refractivity (Wildman–Crippen MR) is 90.7 cm³/mol. The number of carbonyl (C=O) groups excluding carboxylic acids is 1. The third-order valence-electron chi connectivity index (χ3n) is 3.75. The first-order chi connectivity index (χ1) is 11.6. The van der Waals surface area contributed by atoms with Gasteiger partial charge in [0.25, 0.3) is 5.91 Å². The Bertz CT molecular complexity index is 778. The Labute approximate surface area is 144 Å². The van der Waals surface area contributed by atoms with Gasteiger partial charge in [-0.1, -0.05) is 6.07 Å². The zero-order valence-corrected chi connectivity index (χ0v) is 14.7. The number of hydrogen-bond acceptors (Lipinski definition) is 5. The number of hydrogen-bond donors (Lipinski definition) is 2. The molecule has 1 aliphatic heterocycles. The van der Waals surface area contributed by atoms with Gasteiger partial charge in [-0.15, -0.1) is 11.3 Å². The van der Waals surface area contributed by atoms with E-state index in [1.807, 2.05) is 17.5 Å². The molecule has 1 fully saturated rings. The first kappa shape index (κ1) is 17.2. The Morgan fingerprint density at radius 1 is 1.38 bits per heavy atom. The van der Waals surface area contributed by atoms with Gasteiger partial charge in [0.1, 0.15) is 10.6 Å². The zero-order chi connectivity index (χ0) is 17.0. The minimum absolute atomic E-state index is 0.104. The Balaban J connectivity index is 1.60. The summed E-state index contributed by atoms with van der Waals surface area (Å²) in [6, 6.07) is 5.36. The van der Waals surface area contributed by atoms with E-state index in [4.69, 9.17) is 4.74 Å². The molecule has 0 radical (unpaired) electrons. The summed E-state index contributed by atoms with van der Waals surface area (Å²) in [5, 5.41) is 4.78. The molecule has 0 unspecified atom stereocenters. The van der Waals surface area contributed by atoms with Crippen molar-refractivity contribution in [2.45, 2.75) is 11.3 Å². The van der Waals surface area contributed by atoms with E-state index in [2.05, 4.69) is 10.3 Å². The quantitative estimate of drug-likeness (QED) is 0.797. The number of H-pyrrole nitrogens is 1. The van der Waals surface area contributed by atoms with Crippen LogP contribution in [0.4, 0.5) is 0 Å². The van der Waals surface area contributed by atoms with Crippen LogP contribution in [0.25, 0.3) is 0 Å². The molecule has 0 spiro atoms. The number of ether oxygens (including phenoxy) is 1. The average Bonchev–Trinajstić information content (AvgIpc) is 3.27. The van der Waals surface area contributed by atoms with Crippen LogP contribution in [-0.4, -0.2) is 56.5 Å². The van der Waals surface area contributed by atoms with Gasteiger partial charge < -0.3 is 15.0 Å². The third kappa shape index (κ3) is 3.86. The van der Waals surface area contributed by atoms with Crippen LogP contribution in [0.1, 0.15) is 15.4 Å². The van der Waals surface area contributed by atoms with Gasteiger partial charge in [-0.3, -0.25) is 4.79 Å². The maximum Gasteiger partial charge on any atom is 0.267 e. The van der Waals surface area contributed by atoms with Gasteiger partial charge in [-0.05, 0) is 23.9 Å². The smallest absolute Gasteiger partial charge is 0.267 e. The number of rotatable bonds is 6. The van der Waals surface area contributed by atoms with Crippen molar-refractivity contribution >= 4 is 27.3 Å². The lowest BCUT2D eigenvalue weighted by atomic mass is 10.3. The molecule has 1 saturated heterocycles. The highest BCUT2D eigenvalue weighted by molar-refractivity contribution is 7.89. The molecule has 2 aromatic heterocycles. The number of aromatic amines is 1. The maximum atomic E-state index is 12.5. The first-order valence-electron chi connectivity index (χ1n) is 7.64. The van der Waals surface area contributed by atoms with Crippen molar-refractivity contribution in [1.29, 1.82) is 0 Å². The number of aromatic nitrogens is 1. The molecule has 0 aliphatic carbocycles. The molecule has 2 N–H and O–H groups in total. The fourth-order valence-corrected chi connectivity index (χ4v) is 4.55. The van der Waals surface area contributed by atoms with Crippen molar-refractivity contribution in [3.05, 3.63) is 40.3 Å². The molecule has 2 aromatic rings. The Morgan fingerprint density at radius 3 is 2.88 bits per heavy atom. The highest BCUT2D eigenvalue weighted by atomic mass is 32.2. The summed E-state index contributed by atoms with van der Waals surface area (Å²) in [5.41, 5.74) is 0.244. The lowest BCUT2D eigenvalue weighted by molar-refractivity contribution is 0.0730. The minimum atomic E-state index is -3.59. The number of nitrogens with one attached hydrogen (secondary N) is 2. The molecule has 0 aromatic carbocycles. The van der Waals surface area contributed by atoms with E-state index in [0.29, 0.717) is 32.8 Å². The van der Waals surface area contributed by atoms with Crippen LogP contribution in [0.5, 0.6) is 0 Å². The van der Waals surface area contributed by atoms with Gasteiger partial charge in [0, 0.05) is 30.7 Å². The fourth-order valence-electron chi connectivity index (χ4n) is 2.44. The summed E-state index contributed by atoms with van der Waals surface area (Å²) >= 11 is 1.64. The second-order valence-electron chi connectivity index (χ2n) is 5.35. The number of nitrogens with zero attached hydrogens (tertiary/aromatic N) is 1. The molecule has 130 valence electrons. The highest BCUT2D eigenvalue weighted by Gasteiger charge is 2.27. The van der Waals surface area contributed by atoms with E-state index in [1.165, 1.54) is 21.4 Å². The second-order valence-corrected chi connectivity index (χ2v) is 8.32. The Hall–Kier alpha value is -1.68. The SMILES string of the molecule is O=C(NCCc1cccs1)c1cc(S(=O)(=O)N2CCOCC2)c[nH]1. The lowest BCUT2D eigenvalue weighted by Gasteiger charge is -2.25. The monoisotopic (exact) mass is 369 g/mol. The molecule has 7 nitrogen and oxygen atoms in total. The van der Waals surface area contributed by atoms with Crippen LogP contribution < -0.4 is 5.32 Å². The summed E-state index contributed by atoms with van der Waals surface area (Å²) in [6.45, 7) is 1.94. The van der Waals surface area contributed by atoms with E-state index in [-0.39, 0.29) is 16.5 Å². The van der Waals surface area contributed by atoms with Gasteiger partial charge in [0.05, 0.1) is 13.2 Å².